The van der Waals surface area contributed by atoms with Gasteiger partial charge in [0, 0.05) is 12.4 Å². The third kappa shape index (κ3) is 5.37. The highest BCUT2D eigenvalue weighted by atomic mass is 14.8. The minimum atomic E-state index is 0.682. The van der Waals surface area contributed by atoms with Gasteiger partial charge in [-0.15, -0.1) is 0 Å². The maximum absolute atomic E-state index is 4.17. The van der Waals surface area contributed by atoms with Crippen molar-refractivity contribution in [2.75, 3.05) is 0 Å². The van der Waals surface area contributed by atoms with E-state index in [-0.39, 0.29) is 0 Å². The van der Waals surface area contributed by atoms with Gasteiger partial charge in [-0.1, -0.05) is 31.9 Å². The molecule has 0 aromatic heterocycles. The molecule has 15 heavy (non-hydrogen) atoms. The molecule has 0 atom stereocenters. The molecule has 0 fully saturated rings. The Hall–Kier alpha value is -1.96. The molecule has 0 rings (SSSR count). The van der Waals surface area contributed by atoms with E-state index in [0.717, 1.165) is 0 Å². The fourth-order valence-corrected chi connectivity index (χ4v) is 0.786. The summed E-state index contributed by atoms with van der Waals surface area (Å²) >= 11 is 0. The molecule has 0 aliphatic heterocycles. The lowest BCUT2D eigenvalue weighted by Gasteiger charge is -1.97. The van der Waals surface area contributed by atoms with E-state index >= 15 is 0 Å². The van der Waals surface area contributed by atoms with Gasteiger partial charge < -0.3 is 0 Å². The molecule has 0 amide bonds. The van der Waals surface area contributed by atoms with Crippen LogP contribution in [-0.4, -0.2) is 11.4 Å². The van der Waals surface area contributed by atoms with Crippen LogP contribution >= 0.6 is 0 Å². The van der Waals surface area contributed by atoms with Crippen LogP contribution in [0.1, 0.15) is 6.92 Å². The van der Waals surface area contributed by atoms with E-state index in [0.29, 0.717) is 11.4 Å². The van der Waals surface area contributed by atoms with E-state index in [9.17, 15) is 0 Å². The Morgan fingerprint density at radius 2 is 1.47 bits per heavy atom. The second-order valence-electron chi connectivity index (χ2n) is 2.50. The summed E-state index contributed by atoms with van der Waals surface area (Å²) in [6, 6.07) is 0. The van der Waals surface area contributed by atoms with E-state index < -0.39 is 0 Å². The first kappa shape index (κ1) is 13.0. The zero-order chi connectivity index (χ0) is 11.5. The molecule has 0 heterocycles. The van der Waals surface area contributed by atoms with Crippen molar-refractivity contribution in [3.8, 4) is 0 Å². The van der Waals surface area contributed by atoms with Crippen LogP contribution in [0.5, 0.6) is 0 Å². The zero-order valence-corrected chi connectivity index (χ0v) is 9.06. The molecule has 78 valence electrons. The molecule has 2 nitrogen and oxygen atoms in total. The quantitative estimate of drug-likeness (QED) is 0.463. The van der Waals surface area contributed by atoms with E-state index in [1.54, 1.807) is 36.7 Å². The first-order chi connectivity index (χ1) is 7.29. The molecule has 0 aliphatic rings. The van der Waals surface area contributed by atoms with Crippen molar-refractivity contribution in [1.29, 1.82) is 0 Å². The zero-order valence-electron chi connectivity index (χ0n) is 9.06. The summed E-state index contributed by atoms with van der Waals surface area (Å²) < 4.78 is 0. The summed E-state index contributed by atoms with van der Waals surface area (Å²) in [5.74, 6) is 0. The van der Waals surface area contributed by atoms with Gasteiger partial charge in [-0.05, 0) is 25.2 Å². The molecule has 0 N–H and O–H groups in total. The van der Waals surface area contributed by atoms with Gasteiger partial charge >= 0.3 is 0 Å². The maximum atomic E-state index is 4.17. The Morgan fingerprint density at radius 3 is 1.87 bits per heavy atom. The Labute approximate surface area is 91.5 Å². The van der Waals surface area contributed by atoms with E-state index in [1.807, 2.05) is 13.0 Å². The van der Waals surface area contributed by atoms with Crippen molar-refractivity contribution < 1.29 is 0 Å². The number of hydrogen-bond donors (Lipinski definition) is 0. The molecule has 2 heteroatoms. The summed E-state index contributed by atoms with van der Waals surface area (Å²) in [6.45, 7) is 12.8. The predicted molar refractivity (Wildman–Crippen MR) is 69.4 cm³/mol. The fourth-order valence-electron chi connectivity index (χ4n) is 0.786. The van der Waals surface area contributed by atoms with Crippen LogP contribution in [0.15, 0.2) is 72.5 Å². The summed E-state index contributed by atoms with van der Waals surface area (Å²) in [5, 5.41) is 0. The number of aliphatic imine (C=N–C) groups is 2. The maximum Gasteiger partial charge on any atom is 0.0879 e. The normalized spacial score (nSPS) is 13.4. The largest absolute Gasteiger partial charge is 0.255 e. The van der Waals surface area contributed by atoms with E-state index in [4.69, 9.17) is 0 Å². The number of nitrogens with zero attached hydrogens (tertiary/aromatic N) is 2. The van der Waals surface area contributed by atoms with Crippen LogP contribution in [0, 0.1) is 0 Å². The van der Waals surface area contributed by atoms with E-state index in [2.05, 4.69) is 29.7 Å². The van der Waals surface area contributed by atoms with Gasteiger partial charge in [0.25, 0.3) is 0 Å². The minimum absolute atomic E-state index is 0.682. The van der Waals surface area contributed by atoms with Crippen LogP contribution in [-0.2, 0) is 0 Å². The molecule has 0 saturated carbocycles. The Bertz CT molecular complexity index is 342. The molecule has 0 aromatic carbocycles. The topological polar surface area (TPSA) is 24.7 Å². The SMILES string of the molecule is C=C\C=C/N=C(C=C)/C(C=C)=N/C=C\C. The van der Waals surface area contributed by atoms with Crippen molar-refractivity contribution >= 4 is 11.4 Å². The molecule has 0 bridgehead atoms. The molecule has 0 unspecified atom stereocenters. The Morgan fingerprint density at radius 1 is 0.933 bits per heavy atom. The van der Waals surface area contributed by atoms with Gasteiger partial charge in [0.2, 0.25) is 0 Å². The Balaban J connectivity index is 4.99. The first-order valence-corrected chi connectivity index (χ1v) is 4.59. The van der Waals surface area contributed by atoms with Crippen molar-refractivity contribution in [1.82, 2.24) is 0 Å². The van der Waals surface area contributed by atoms with Crippen LogP contribution in [0.3, 0.4) is 0 Å². The van der Waals surface area contributed by atoms with Crippen molar-refractivity contribution in [2.45, 2.75) is 6.92 Å². The lowest BCUT2D eigenvalue weighted by atomic mass is 10.2. The monoisotopic (exact) mass is 200 g/mol. The average Bonchev–Trinajstić information content (AvgIpc) is 2.27. The third-order valence-electron chi connectivity index (χ3n) is 1.45. The highest BCUT2D eigenvalue weighted by Gasteiger charge is 1.97. The molecule has 0 spiro atoms. The summed E-state index contributed by atoms with van der Waals surface area (Å²) in [7, 11) is 0. The average molecular weight is 200 g/mol. The third-order valence-corrected chi connectivity index (χ3v) is 1.45. The molecule has 0 aliphatic carbocycles. The standard InChI is InChI=1S/C13H16N2/c1-5-9-11-15-13(8-4)12(7-3)14-10-6-2/h5-11H,1,3-4H2,2H3/b10-6-,11-9-,14-12+,15-13+. The summed E-state index contributed by atoms with van der Waals surface area (Å²) in [5.41, 5.74) is 1.37. The highest BCUT2D eigenvalue weighted by molar-refractivity contribution is 6.50. The molecule has 0 aromatic rings. The van der Waals surface area contributed by atoms with Gasteiger partial charge in [0.15, 0.2) is 0 Å². The predicted octanol–water partition coefficient (Wildman–Crippen LogP) is 3.47. The van der Waals surface area contributed by atoms with Crippen molar-refractivity contribution in [3.63, 3.8) is 0 Å². The van der Waals surface area contributed by atoms with Crippen LogP contribution in [0.4, 0.5) is 0 Å². The van der Waals surface area contributed by atoms with Crippen LogP contribution in [0.2, 0.25) is 0 Å². The van der Waals surface area contributed by atoms with Crippen molar-refractivity contribution in [2.24, 2.45) is 9.98 Å². The van der Waals surface area contributed by atoms with Gasteiger partial charge in [-0.25, -0.2) is 0 Å². The number of allylic oxidation sites excluding steroid dienone is 5. The molecular weight excluding hydrogens is 184 g/mol. The highest BCUT2D eigenvalue weighted by Crippen LogP contribution is 1.92. The second-order valence-corrected chi connectivity index (χ2v) is 2.50. The van der Waals surface area contributed by atoms with Gasteiger partial charge in [-0.3, -0.25) is 9.98 Å². The molecule has 0 saturated heterocycles. The summed E-state index contributed by atoms with van der Waals surface area (Å²) in [6.07, 6.45) is 11.8. The molecular formula is C13H16N2. The second kappa shape index (κ2) is 8.63. The van der Waals surface area contributed by atoms with Gasteiger partial charge in [0.05, 0.1) is 11.4 Å². The van der Waals surface area contributed by atoms with E-state index in [1.165, 1.54) is 0 Å². The first-order valence-electron chi connectivity index (χ1n) is 4.59. The van der Waals surface area contributed by atoms with Gasteiger partial charge in [0.1, 0.15) is 0 Å². The summed E-state index contributed by atoms with van der Waals surface area (Å²) in [4.78, 5) is 8.33. The smallest absolute Gasteiger partial charge is 0.0879 e. The van der Waals surface area contributed by atoms with Crippen LogP contribution in [0.25, 0.3) is 0 Å². The molecule has 0 radical (unpaired) electrons. The lowest BCUT2D eigenvalue weighted by Crippen LogP contribution is -2.07. The minimum Gasteiger partial charge on any atom is -0.255 e. The fraction of sp³-hybridized carbons (Fsp3) is 0.0769. The van der Waals surface area contributed by atoms with Crippen molar-refractivity contribution in [3.05, 3.63) is 62.5 Å². The number of hydrogen-bond acceptors (Lipinski definition) is 2. The van der Waals surface area contributed by atoms with Crippen LogP contribution < -0.4 is 0 Å². The Kier molecular flexibility index (Phi) is 7.50. The number of rotatable bonds is 6. The lowest BCUT2D eigenvalue weighted by molar-refractivity contribution is 1.52. The van der Waals surface area contributed by atoms with Gasteiger partial charge in [-0.2, -0.15) is 0 Å².